The molecule has 0 radical (unpaired) electrons. The van der Waals surface area contributed by atoms with Gasteiger partial charge in [-0.3, -0.25) is 9.59 Å². The summed E-state index contributed by atoms with van der Waals surface area (Å²) in [6.45, 7) is 4.31. The third kappa shape index (κ3) is 1.94. The highest BCUT2D eigenvalue weighted by atomic mass is 16.1. The minimum atomic E-state index is 0.187. The maximum Gasteiger partial charge on any atom is 0.159 e. The number of carbonyl (C=O) groups excluding carboxylic acids is 2. The van der Waals surface area contributed by atoms with Crippen molar-refractivity contribution in [3.05, 3.63) is 46.6 Å². The van der Waals surface area contributed by atoms with Crippen molar-refractivity contribution in [3.63, 3.8) is 0 Å². The van der Waals surface area contributed by atoms with Gasteiger partial charge in [-0.2, -0.15) is 0 Å². The van der Waals surface area contributed by atoms with Crippen LogP contribution in [0.3, 0.4) is 0 Å². The van der Waals surface area contributed by atoms with Crippen LogP contribution < -0.4 is 0 Å². The molecule has 3 aliphatic rings. The first-order valence-corrected chi connectivity index (χ1v) is 7.55. The second kappa shape index (κ2) is 5.01. The highest BCUT2D eigenvalue weighted by Gasteiger charge is 2.38. The number of rotatable bonds is 2. The summed E-state index contributed by atoms with van der Waals surface area (Å²) in [6, 6.07) is 0. The molecule has 0 heterocycles. The Morgan fingerprint density at radius 1 is 0.800 bits per heavy atom. The molecule has 0 saturated heterocycles. The standard InChI is InChI=1S/C18H20O2/c1-3-13-15-7-5-11(19)9-17(15)14(4-2)18-10-12(20)6-8-16(13)18/h7-10,13-14H,3-6H2,1-2H3. The Balaban J connectivity index is 2.16. The van der Waals surface area contributed by atoms with E-state index < -0.39 is 0 Å². The van der Waals surface area contributed by atoms with Crippen molar-refractivity contribution in [3.8, 4) is 0 Å². The van der Waals surface area contributed by atoms with Crippen LogP contribution in [0.2, 0.25) is 0 Å². The molecule has 2 heteroatoms. The van der Waals surface area contributed by atoms with E-state index in [1.54, 1.807) is 0 Å². The van der Waals surface area contributed by atoms with E-state index >= 15 is 0 Å². The lowest BCUT2D eigenvalue weighted by atomic mass is 9.63. The summed E-state index contributed by atoms with van der Waals surface area (Å²) in [6.07, 6.45) is 10.9. The third-order valence-corrected chi connectivity index (χ3v) is 4.66. The number of fused-ring (bicyclic) bond motifs is 2. The van der Waals surface area contributed by atoms with Crippen LogP contribution in [0.5, 0.6) is 0 Å². The number of hydrogen-bond acceptors (Lipinski definition) is 2. The Morgan fingerprint density at radius 3 is 1.60 bits per heavy atom. The first-order chi connectivity index (χ1) is 9.65. The summed E-state index contributed by atoms with van der Waals surface area (Å²) in [5.41, 5.74) is 4.98. The molecule has 3 rings (SSSR count). The van der Waals surface area contributed by atoms with Crippen LogP contribution in [-0.4, -0.2) is 11.6 Å². The lowest BCUT2D eigenvalue weighted by Crippen LogP contribution is -2.29. The minimum Gasteiger partial charge on any atom is -0.294 e. The van der Waals surface area contributed by atoms with Crippen LogP contribution in [0.4, 0.5) is 0 Å². The van der Waals surface area contributed by atoms with Crippen molar-refractivity contribution < 1.29 is 9.59 Å². The molecule has 1 fully saturated rings. The van der Waals surface area contributed by atoms with Crippen molar-refractivity contribution in [2.45, 2.75) is 39.5 Å². The van der Waals surface area contributed by atoms with Gasteiger partial charge in [-0.05, 0) is 47.3 Å². The van der Waals surface area contributed by atoms with Gasteiger partial charge in [0.1, 0.15) is 0 Å². The van der Waals surface area contributed by atoms with Crippen molar-refractivity contribution in [1.82, 2.24) is 0 Å². The lowest BCUT2D eigenvalue weighted by molar-refractivity contribution is -0.114. The summed E-state index contributed by atoms with van der Waals surface area (Å²) >= 11 is 0. The molecule has 1 saturated carbocycles. The van der Waals surface area contributed by atoms with E-state index in [-0.39, 0.29) is 17.5 Å². The van der Waals surface area contributed by atoms with Crippen LogP contribution in [0.15, 0.2) is 46.6 Å². The van der Waals surface area contributed by atoms with E-state index in [1.165, 1.54) is 11.1 Å². The first kappa shape index (κ1) is 13.3. The normalized spacial score (nSPS) is 28.9. The molecule has 20 heavy (non-hydrogen) atoms. The summed E-state index contributed by atoms with van der Waals surface area (Å²) in [4.78, 5) is 23.6. The Morgan fingerprint density at radius 2 is 1.20 bits per heavy atom. The highest BCUT2D eigenvalue weighted by Crippen LogP contribution is 2.49. The van der Waals surface area contributed by atoms with Gasteiger partial charge in [-0.1, -0.05) is 26.0 Å². The molecule has 0 amide bonds. The molecular formula is C18H20O2. The quantitative estimate of drug-likeness (QED) is 0.765. The highest BCUT2D eigenvalue weighted by molar-refractivity contribution is 5.97. The van der Waals surface area contributed by atoms with Gasteiger partial charge in [-0.25, -0.2) is 0 Å². The maximum absolute atomic E-state index is 11.8. The number of ketones is 2. The van der Waals surface area contributed by atoms with Gasteiger partial charge in [0, 0.05) is 24.7 Å². The zero-order valence-electron chi connectivity index (χ0n) is 12.1. The summed E-state index contributed by atoms with van der Waals surface area (Å²) < 4.78 is 0. The Kier molecular flexibility index (Phi) is 3.33. The first-order valence-electron chi connectivity index (χ1n) is 7.55. The molecule has 3 aliphatic carbocycles. The van der Waals surface area contributed by atoms with Crippen LogP contribution in [0.25, 0.3) is 0 Å². The van der Waals surface area contributed by atoms with Crippen molar-refractivity contribution in [2.75, 3.05) is 0 Å². The van der Waals surface area contributed by atoms with E-state index in [0.717, 1.165) is 24.0 Å². The molecule has 0 bridgehead atoms. The van der Waals surface area contributed by atoms with Gasteiger partial charge in [0.15, 0.2) is 11.6 Å². The third-order valence-electron chi connectivity index (χ3n) is 4.66. The zero-order chi connectivity index (χ0) is 14.3. The number of allylic oxidation sites excluding steroid dienone is 8. The van der Waals surface area contributed by atoms with Gasteiger partial charge in [0.2, 0.25) is 0 Å². The predicted octanol–water partition coefficient (Wildman–Crippen LogP) is 3.70. The second-order valence-electron chi connectivity index (χ2n) is 5.78. The smallest absolute Gasteiger partial charge is 0.159 e. The summed E-state index contributed by atoms with van der Waals surface area (Å²) in [5, 5.41) is 0. The second-order valence-corrected chi connectivity index (χ2v) is 5.78. The van der Waals surface area contributed by atoms with E-state index in [0.29, 0.717) is 18.8 Å². The lowest BCUT2D eigenvalue weighted by Gasteiger charge is -2.40. The van der Waals surface area contributed by atoms with Gasteiger partial charge >= 0.3 is 0 Å². The van der Waals surface area contributed by atoms with Crippen molar-refractivity contribution in [1.29, 1.82) is 0 Å². The van der Waals surface area contributed by atoms with E-state index in [4.69, 9.17) is 0 Å². The molecule has 0 N–H and O–H groups in total. The van der Waals surface area contributed by atoms with Crippen LogP contribution in [0, 0.1) is 11.8 Å². The van der Waals surface area contributed by atoms with Crippen LogP contribution in [-0.2, 0) is 9.59 Å². The molecule has 0 unspecified atom stereocenters. The number of hydrogen-bond donors (Lipinski definition) is 0. The van der Waals surface area contributed by atoms with Gasteiger partial charge in [0.05, 0.1) is 0 Å². The van der Waals surface area contributed by atoms with Crippen LogP contribution >= 0.6 is 0 Å². The summed E-state index contributed by atoms with van der Waals surface area (Å²) in [7, 11) is 0. The Labute approximate surface area is 119 Å². The Bertz CT molecular complexity index is 549. The molecule has 0 aliphatic heterocycles. The fourth-order valence-corrected chi connectivity index (χ4v) is 3.79. The molecule has 0 spiro atoms. The van der Waals surface area contributed by atoms with Crippen LogP contribution in [0.1, 0.15) is 39.5 Å². The van der Waals surface area contributed by atoms with Gasteiger partial charge < -0.3 is 0 Å². The van der Waals surface area contributed by atoms with Gasteiger partial charge in [-0.15, -0.1) is 0 Å². The van der Waals surface area contributed by atoms with E-state index in [2.05, 4.69) is 26.0 Å². The van der Waals surface area contributed by atoms with E-state index in [9.17, 15) is 9.59 Å². The summed E-state index contributed by atoms with van der Waals surface area (Å²) in [5.74, 6) is 0.944. The molecule has 0 atom stereocenters. The Hall–Kier alpha value is -1.70. The molecule has 0 aromatic heterocycles. The predicted molar refractivity (Wildman–Crippen MR) is 79.1 cm³/mol. The number of carbonyl (C=O) groups is 2. The SMILES string of the molecule is CCC1C2=CCC(=O)C=C2C(CC)C2=CC(=O)CC=C21. The molecule has 0 aromatic carbocycles. The topological polar surface area (TPSA) is 34.1 Å². The fraction of sp³-hybridized carbons (Fsp3) is 0.444. The van der Waals surface area contributed by atoms with Crippen molar-refractivity contribution >= 4 is 11.6 Å². The van der Waals surface area contributed by atoms with Gasteiger partial charge in [0.25, 0.3) is 0 Å². The maximum atomic E-state index is 11.8. The zero-order valence-corrected chi connectivity index (χ0v) is 12.1. The monoisotopic (exact) mass is 268 g/mol. The fourth-order valence-electron chi connectivity index (χ4n) is 3.79. The average molecular weight is 268 g/mol. The van der Waals surface area contributed by atoms with Crippen molar-refractivity contribution in [2.24, 2.45) is 11.8 Å². The molecule has 104 valence electrons. The average Bonchev–Trinajstić information content (AvgIpc) is 2.44. The largest absolute Gasteiger partial charge is 0.294 e. The molecule has 0 aromatic rings. The minimum absolute atomic E-state index is 0.187. The van der Waals surface area contributed by atoms with E-state index in [1.807, 2.05) is 12.2 Å². The molecular weight excluding hydrogens is 248 g/mol. The molecule has 2 nitrogen and oxygen atoms in total.